The third-order valence-corrected chi connectivity index (χ3v) is 3.10. The molecule has 3 aromatic rings. The number of hydrogen-bond acceptors (Lipinski definition) is 4. The molecule has 116 valence electrons. The van der Waals surface area contributed by atoms with Crippen LogP contribution in [0.3, 0.4) is 0 Å². The molecule has 1 aromatic heterocycles. The van der Waals surface area contributed by atoms with Gasteiger partial charge in [-0.15, -0.1) is 10.2 Å². The Morgan fingerprint density at radius 2 is 1.78 bits per heavy atom. The average molecular weight is 315 g/mol. The minimum Gasteiger partial charge on any atom is -0.421 e. The molecular formula is C16H11F2N3O2. The number of halogens is 2. The Labute approximate surface area is 130 Å². The topological polar surface area (TPSA) is 68.0 Å². The van der Waals surface area contributed by atoms with Crippen LogP contribution in [0.15, 0.2) is 46.9 Å². The van der Waals surface area contributed by atoms with Crippen LogP contribution < -0.4 is 5.32 Å². The summed E-state index contributed by atoms with van der Waals surface area (Å²) in [7, 11) is 0. The van der Waals surface area contributed by atoms with E-state index in [4.69, 9.17) is 4.42 Å². The molecule has 0 aliphatic heterocycles. The quantitative estimate of drug-likeness (QED) is 0.802. The van der Waals surface area contributed by atoms with E-state index in [2.05, 4.69) is 15.5 Å². The lowest BCUT2D eigenvalue weighted by atomic mass is 10.1. The molecule has 0 spiro atoms. The number of hydrogen-bond donors (Lipinski definition) is 1. The standard InChI is InChI=1S/C16H11F2N3O2/c1-9-20-21-16(23-9)10-2-5-12(6-3-10)19-15(22)11-4-7-13(17)14(18)8-11/h2-8H,1H3,(H,19,22). The second-order valence-electron chi connectivity index (χ2n) is 4.79. The second kappa shape index (κ2) is 5.96. The second-order valence-corrected chi connectivity index (χ2v) is 4.79. The summed E-state index contributed by atoms with van der Waals surface area (Å²) >= 11 is 0. The molecule has 23 heavy (non-hydrogen) atoms. The molecule has 1 heterocycles. The van der Waals surface area contributed by atoms with E-state index in [1.807, 2.05) is 0 Å². The van der Waals surface area contributed by atoms with Crippen LogP contribution in [0.4, 0.5) is 14.5 Å². The molecule has 0 unspecified atom stereocenters. The van der Waals surface area contributed by atoms with Crippen molar-refractivity contribution in [2.24, 2.45) is 0 Å². The van der Waals surface area contributed by atoms with Gasteiger partial charge in [-0.3, -0.25) is 4.79 Å². The SMILES string of the molecule is Cc1nnc(-c2ccc(NC(=O)c3ccc(F)c(F)c3)cc2)o1. The molecular weight excluding hydrogens is 304 g/mol. The molecule has 0 radical (unpaired) electrons. The van der Waals surface area contributed by atoms with Crippen LogP contribution in [0.25, 0.3) is 11.5 Å². The predicted octanol–water partition coefficient (Wildman–Crippen LogP) is 3.58. The number of carbonyl (C=O) groups excluding carboxylic acids is 1. The minimum absolute atomic E-state index is 0.0282. The van der Waals surface area contributed by atoms with Crippen LogP contribution in [-0.2, 0) is 0 Å². The Kier molecular flexibility index (Phi) is 3.84. The van der Waals surface area contributed by atoms with E-state index < -0.39 is 17.5 Å². The Balaban J connectivity index is 1.75. The first-order valence-electron chi connectivity index (χ1n) is 6.70. The van der Waals surface area contributed by atoms with Gasteiger partial charge < -0.3 is 9.73 Å². The molecule has 0 fully saturated rings. The van der Waals surface area contributed by atoms with Crippen LogP contribution in [0, 0.1) is 18.6 Å². The lowest BCUT2D eigenvalue weighted by Crippen LogP contribution is -2.12. The van der Waals surface area contributed by atoms with Crippen molar-refractivity contribution in [3.63, 3.8) is 0 Å². The number of aromatic nitrogens is 2. The molecule has 0 saturated heterocycles. The van der Waals surface area contributed by atoms with E-state index in [0.29, 0.717) is 23.0 Å². The summed E-state index contributed by atoms with van der Waals surface area (Å²) in [6, 6.07) is 9.66. The first kappa shape index (κ1) is 14.8. The molecule has 3 rings (SSSR count). The van der Waals surface area contributed by atoms with E-state index in [-0.39, 0.29) is 5.56 Å². The Morgan fingerprint density at radius 1 is 1.04 bits per heavy atom. The van der Waals surface area contributed by atoms with E-state index in [0.717, 1.165) is 12.1 Å². The number of nitrogens with one attached hydrogen (secondary N) is 1. The Morgan fingerprint density at radius 3 is 2.39 bits per heavy atom. The van der Waals surface area contributed by atoms with E-state index in [1.165, 1.54) is 6.07 Å². The molecule has 0 saturated carbocycles. The van der Waals surface area contributed by atoms with Crippen molar-refractivity contribution in [1.29, 1.82) is 0 Å². The Bertz CT molecular complexity index is 860. The van der Waals surface area contributed by atoms with Crippen LogP contribution in [0.5, 0.6) is 0 Å². The highest BCUT2D eigenvalue weighted by molar-refractivity contribution is 6.04. The summed E-state index contributed by atoms with van der Waals surface area (Å²) in [5.74, 6) is -1.78. The van der Waals surface area contributed by atoms with Crippen molar-refractivity contribution in [3.8, 4) is 11.5 Å². The van der Waals surface area contributed by atoms with E-state index in [9.17, 15) is 13.6 Å². The maximum Gasteiger partial charge on any atom is 0.255 e. The molecule has 0 aliphatic carbocycles. The lowest BCUT2D eigenvalue weighted by Gasteiger charge is -2.06. The first-order chi connectivity index (χ1) is 11.0. The van der Waals surface area contributed by atoms with Crippen molar-refractivity contribution in [1.82, 2.24) is 10.2 Å². The average Bonchev–Trinajstić information content (AvgIpc) is 2.97. The highest BCUT2D eigenvalue weighted by atomic mass is 19.2. The summed E-state index contributed by atoms with van der Waals surface area (Å²) in [6.07, 6.45) is 0. The lowest BCUT2D eigenvalue weighted by molar-refractivity contribution is 0.102. The van der Waals surface area contributed by atoms with Crippen molar-refractivity contribution >= 4 is 11.6 Å². The third kappa shape index (κ3) is 3.23. The third-order valence-electron chi connectivity index (χ3n) is 3.10. The van der Waals surface area contributed by atoms with Gasteiger partial charge in [0.25, 0.3) is 5.91 Å². The molecule has 0 atom stereocenters. The highest BCUT2D eigenvalue weighted by Crippen LogP contribution is 2.20. The minimum atomic E-state index is -1.07. The largest absolute Gasteiger partial charge is 0.421 e. The molecule has 7 heteroatoms. The van der Waals surface area contributed by atoms with Crippen LogP contribution >= 0.6 is 0 Å². The highest BCUT2D eigenvalue weighted by Gasteiger charge is 2.11. The van der Waals surface area contributed by atoms with Crippen LogP contribution in [0.1, 0.15) is 16.2 Å². The number of amides is 1. The summed E-state index contributed by atoms with van der Waals surface area (Å²) in [5.41, 5.74) is 1.23. The zero-order chi connectivity index (χ0) is 16.4. The van der Waals surface area contributed by atoms with E-state index in [1.54, 1.807) is 31.2 Å². The number of rotatable bonds is 3. The molecule has 1 N–H and O–H groups in total. The fourth-order valence-electron chi connectivity index (χ4n) is 1.95. The van der Waals surface area contributed by atoms with Gasteiger partial charge >= 0.3 is 0 Å². The van der Waals surface area contributed by atoms with Gasteiger partial charge in [0.05, 0.1) is 0 Å². The van der Waals surface area contributed by atoms with Gasteiger partial charge in [0.2, 0.25) is 11.8 Å². The van der Waals surface area contributed by atoms with Crippen molar-refractivity contribution in [2.45, 2.75) is 6.92 Å². The number of aryl methyl sites for hydroxylation is 1. The molecule has 1 amide bonds. The van der Waals surface area contributed by atoms with Gasteiger partial charge in [-0.2, -0.15) is 0 Å². The van der Waals surface area contributed by atoms with Gasteiger partial charge in [0.1, 0.15) is 0 Å². The van der Waals surface area contributed by atoms with Crippen molar-refractivity contribution in [3.05, 3.63) is 65.6 Å². The monoisotopic (exact) mass is 315 g/mol. The van der Waals surface area contributed by atoms with Crippen LogP contribution in [-0.4, -0.2) is 16.1 Å². The maximum absolute atomic E-state index is 13.1. The van der Waals surface area contributed by atoms with Gasteiger partial charge in [-0.25, -0.2) is 8.78 Å². The zero-order valence-electron chi connectivity index (χ0n) is 12.0. The number of benzene rings is 2. The van der Waals surface area contributed by atoms with Gasteiger partial charge in [0, 0.05) is 23.7 Å². The summed E-state index contributed by atoms with van der Waals surface area (Å²) in [4.78, 5) is 12.0. The first-order valence-corrected chi connectivity index (χ1v) is 6.70. The van der Waals surface area contributed by atoms with E-state index >= 15 is 0 Å². The number of carbonyl (C=O) groups is 1. The molecule has 2 aromatic carbocycles. The number of anilines is 1. The molecule has 5 nitrogen and oxygen atoms in total. The summed E-state index contributed by atoms with van der Waals surface area (Å²) < 4.78 is 31.3. The normalized spacial score (nSPS) is 10.6. The van der Waals surface area contributed by atoms with Gasteiger partial charge in [-0.1, -0.05) is 0 Å². The number of nitrogens with zero attached hydrogens (tertiary/aromatic N) is 2. The molecule has 0 bridgehead atoms. The fourth-order valence-corrected chi connectivity index (χ4v) is 1.95. The Hall–Kier alpha value is -3.09. The van der Waals surface area contributed by atoms with Crippen molar-refractivity contribution < 1.29 is 18.0 Å². The van der Waals surface area contributed by atoms with Crippen LogP contribution in [0.2, 0.25) is 0 Å². The predicted molar refractivity (Wildman–Crippen MR) is 78.8 cm³/mol. The molecule has 0 aliphatic rings. The summed E-state index contributed by atoms with van der Waals surface area (Å²) in [6.45, 7) is 1.69. The van der Waals surface area contributed by atoms with Gasteiger partial charge in [0.15, 0.2) is 11.6 Å². The van der Waals surface area contributed by atoms with Crippen molar-refractivity contribution in [2.75, 3.05) is 5.32 Å². The zero-order valence-corrected chi connectivity index (χ0v) is 12.0. The summed E-state index contributed by atoms with van der Waals surface area (Å²) in [5, 5.41) is 10.2. The smallest absolute Gasteiger partial charge is 0.255 e. The fraction of sp³-hybridized carbons (Fsp3) is 0.0625. The maximum atomic E-state index is 13.1. The van der Waals surface area contributed by atoms with Gasteiger partial charge in [-0.05, 0) is 42.5 Å².